The van der Waals surface area contributed by atoms with Gasteiger partial charge in [-0.15, -0.1) is 0 Å². The zero-order valence-electron chi connectivity index (χ0n) is 14.8. The van der Waals surface area contributed by atoms with Crippen LogP contribution in [0.4, 0.5) is 0 Å². The van der Waals surface area contributed by atoms with Crippen LogP contribution in [0.5, 0.6) is 0 Å². The molecular weight excluding hydrogens is 314 g/mol. The Kier molecular flexibility index (Phi) is 3.91. The van der Waals surface area contributed by atoms with Crippen LogP contribution in [0, 0.1) is 0 Å². The van der Waals surface area contributed by atoms with Crippen molar-refractivity contribution in [1.29, 1.82) is 0 Å². The summed E-state index contributed by atoms with van der Waals surface area (Å²) in [5.41, 5.74) is 2.96. The highest BCUT2D eigenvalue weighted by Gasteiger charge is 2.43. The molecule has 5 heteroatoms. The molecule has 0 spiro atoms. The Morgan fingerprint density at radius 3 is 2.60 bits per heavy atom. The van der Waals surface area contributed by atoms with Gasteiger partial charge in [0, 0.05) is 25.1 Å². The first-order valence-corrected chi connectivity index (χ1v) is 9.14. The predicted octanol–water partition coefficient (Wildman–Crippen LogP) is 2.49. The van der Waals surface area contributed by atoms with E-state index in [1.807, 2.05) is 28.9 Å². The molecule has 1 atom stereocenters. The van der Waals surface area contributed by atoms with Crippen molar-refractivity contribution in [2.24, 2.45) is 0 Å². The average Bonchev–Trinajstić information content (AvgIpc) is 3.16. The number of hydrogen-bond donors (Lipinski definition) is 2. The Bertz CT molecular complexity index is 784. The summed E-state index contributed by atoms with van der Waals surface area (Å²) in [6.45, 7) is 4.20. The number of amides is 1. The van der Waals surface area contributed by atoms with Gasteiger partial charge in [0.05, 0.1) is 11.7 Å². The van der Waals surface area contributed by atoms with Gasteiger partial charge < -0.3 is 10.4 Å². The highest BCUT2D eigenvalue weighted by molar-refractivity contribution is 5.87. The van der Waals surface area contributed by atoms with E-state index in [2.05, 4.69) is 25.4 Å². The molecule has 0 radical (unpaired) electrons. The molecule has 4 rings (SSSR count). The molecule has 2 aromatic rings. The SMILES string of the molecule is CC(C)n1cc2c(n1)[C@H](NC(=O)C1(O)Cc3ccccc3C1)CCC2. The number of nitrogens with zero attached hydrogens (tertiary/aromatic N) is 2. The lowest BCUT2D eigenvalue weighted by atomic mass is 9.92. The maximum absolute atomic E-state index is 12.9. The van der Waals surface area contributed by atoms with Crippen molar-refractivity contribution in [2.75, 3.05) is 0 Å². The Labute approximate surface area is 148 Å². The van der Waals surface area contributed by atoms with E-state index in [4.69, 9.17) is 5.10 Å². The van der Waals surface area contributed by atoms with Gasteiger partial charge in [-0.2, -0.15) is 5.10 Å². The van der Waals surface area contributed by atoms with E-state index in [-0.39, 0.29) is 11.9 Å². The van der Waals surface area contributed by atoms with Gasteiger partial charge in [0.25, 0.3) is 5.91 Å². The first-order chi connectivity index (χ1) is 12.0. The van der Waals surface area contributed by atoms with Crippen molar-refractivity contribution in [1.82, 2.24) is 15.1 Å². The van der Waals surface area contributed by atoms with Crippen LogP contribution in [0.15, 0.2) is 30.5 Å². The minimum absolute atomic E-state index is 0.107. The first kappa shape index (κ1) is 16.3. The zero-order chi connectivity index (χ0) is 17.6. The van der Waals surface area contributed by atoms with Crippen LogP contribution in [0.1, 0.15) is 61.2 Å². The molecule has 0 saturated heterocycles. The number of rotatable bonds is 3. The summed E-state index contributed by atoms with van der Waals surface area (Å²) in [7, 11) is 0. The third kappa shape index (κ3) is 2.86. The molecule has 2 N–H and O–H groups in total. The molecule has 1 aromatic heterocycles. The maximum atomic E-state index is 12.9. The van der Waals surface area contributed by atoms with Crippen LogP contribution in [0.25, 0.3) is 0 Å². The normalized spacial score (nSPS) is 21.0. The number of aliphatic hydroxyl groups is 1. The van der Waals surface area contributed by atoms with Crippen molar-refractivity contribution in [3.63, 3.8) is 0 Å². The van der Waals surface area contributed by atoms with E-state index in [9.17, 15) is 9.90 Å². The van der Waals surface area contributed by atoms with Crippen molar-refractivity contribution >= 4 is 5.91 Å². The smallest absolute Gasteiger partial charge is 0.253 e. The number of aryl methyl sites for hydroxylation is 1. The van der Waals surface area contributed by atoms with Crippen molar-refractivity contribution < 1.29 is 9.90 Å². The molecule has 0 bridgehead atoms. The summed E-state index contributed by atoms with van der Waals surface area (Å²) in [6.07, 6.45) is 5.77. The van der Waals surface area contributed by atoms with Gasteiger partial charge in [0.1, 0.15) is 0 Å². The fraction of sp³-hybridized carbons (Fsp3) is 0.500. The van der Waals surface area contributed by atoms with Gasteiger partial charge in [0.2, 0.25) is 0 Å². The summed E-state index contributed by atoms with van der Waals surface area (Å²) in [5, 5.41) is 18.7. The van der Waals surface area contributed by atoms with Gasteiger partial charge in [0.15, 0.2) is 5.60 Å². The third-order valence-corrected chi connectivity index (χ3v) is 5.45. The highest BCUT2D eigenvalue weighted by Crippen LogP contribution is 2.33. The van der Waals surface area contributed by atoms with Crippen molar-refractivity contribution in [3.8, 4) is 0 Å². The molecule has 1 aromatic carbocycles. The van der Waals surface area contributed by atoms with Gasteiger partial charge >= 0.3 is 0 Å². The van der Waals surface area contributed by atoms with Crippen molar-refractivity contribution in [3.05, 3.63) is 52.8 Å². The number of nitrogens with one attached hydrogen (secondary N) is 1. The van der Waals surface area contributed by atoms with Gasteiger partial charge in [-0.25, -0.2) is 0 Å². The van der Waals surface area contributed by atoms with E-state index >= 15 is 0 Å². The van der Waals surface area contributed by atoms with Crippen LogP contribution < -0.4 is 5.32 Å². The van der Waals surface area contributed by atoms with Gasteiger partial charge in [-0.3, -0.25) is 9.48 Å². The highest BCUT2D eigenvalue weighted by atomic mass is 16.3. The number of benzene rings is 1. The molecule has 5 nitrogen and oxygen atoms in total. The van der Waals surface area contributed by atoms with E-state index in [0.29, 0.717) is 18.9 Å². The molecule has 0 saturated carbocycles. The van der Waals surface area contributed by atoms with E-state index in [1.54, 1.807) is 0 Å². The fourth-order valence-electron chi connectivity index (χ4n) is 4.02. The second-order valence-electron chi connectivity index (χ2n) is 7.69. The van der Waals surface area contributed by atoms with Gasteiger partial charge in [-0.05, 0) is 49.8 Å². The lowest BCUT2D eigenvalue weighted by Gasteiger charge is -2.27. The molecule has 25 heavy (non-hydrogen) atoms. The molecule has 132 valence electrons. The molecule has 0 fully saturated rings. The Morgan fingerprint density at radius 2 is 1.96 bits per heavy atom. The topological polar surface area (TPSA) is 67.2 Å². The summed E-state index contributed by atoms with van der Waals surface area (Å²) in [5.74, 6) is -0.277. The lowest BCUT2D eigenvalue weighted by molar-refractivity contribution is -0.139. The lowest BCUT2D eigenvalue weighted by Crippen LogP contribution is -2.49. The summed E-state index contributed by atoms with van der Waals surface area (Å²) in [4.78, 5) is 12.9. The number of carbonyl (C=O) groups excluding carboxylic acids is 1. The molecule has 0 aliphatic heterocycles. The third-order valence-electron chi connectivity index (χ3n) is 5.45. The Balaban J connectivity index is 1.53. The zero-order valence-corrected chi connectivity index (χ0v) is 14.8. The standard InChI is InChI=1S/C20H25N3O2/c1-13(2)23-12-16-8-5-9-17(18(16)22-23)21-19(24)20(25)10-14-6-3-4-7-15(14)11-20/h3-4,6-7,12-13,17,25H,5,8-11H2,1-2H3,(H,21,24)/t17-/m1/s1. The van der Waals surface area contributed by atoms with E-state index in [0.717, 1.165) is 36.1 Å². The Morgan fingerprint density at radius 1 is 1.28 bits per heavy atom. The van der Waals surface area contributed by atoms with Crippen LogP contribution in [0.3, 0.4) is 0 Å². The quantitative estimate of drug-likeness (QED) is 0.903. The fourth-order valence-corrected chi connectivity index (χ4v) is 4.02. The maximum Gasteiger partial charge on any atom is 0.253 e. The van der Waals surface area contributed by atoms with E-state index in [1.165, 1.54) is 5.56 Å². The molecule has 2 aliphatic rings. The van der Waals surface area contributed by atoms with Crippen LogP contribution in [-0.2, 0) is 24.1 Å². The summed E-state index contributed by atoms with van der Waals surface area (Å²) < 4.78 is 1.97. The molecule has 1 heterocycles. The minimum Gasteiger partial charge on any atom is -0.379 e. The molecular formula is C20H25N3O2. The Hall–Kier alpha value is -2.14. The van der Waals surface area contributed by atoms with Crippen molar-refractivity contribution in [2.45, 2.75) is 63.6 Å². The second-order valence-corrected chi connectivity index (χ2v) is 7.69. The van der Waals surface area contributed by atoms with Crippen LogP contribution >= 0.6 is 0 Å². The summed E-state index contributed by atoms with van der Waals surface area (Å²) in [6, 6.07) is 8.08. The molecule has 1 amide bonds. The first-order valence-electron chi connectivity index (χ1n) is 9.14. The summed E-state index contributed by atoms with van der Waals surface area (Å²) >= 11 is 0. The number of aromatic nitrogens is 2. The van der Waals surface area contributed by atoms with Crippen LogP contribution in [0.2, 0.25) is 0 Å². The van der Waals surface area contributed by atoms with E-state index < -0.39 is 5.60 Å². The average molecular weight is 339 g/mol. The molecule has 0 unspecified atom stereocenters. The number of hydrogen-bond acceptors (Lipinski definition) is 3. The minimum atomic E-state index is -1.35. The van der Waals surface area contributed by atoms with Crippen LogP contribution in [-0.4, -0.2) is 26.4 Å². The number of fused-ring (bicyclic) bond motifs is 2. The second kappa shape index (κ2) is 5.99. The van der Waals surface area contributed by atoms with Gasteiger partial charge in [-0.1, -0.05) is 24.3 Å². The monoisotopic (exact) mass is 339 g/mol. The number of carbonyl (C=O) groups is 1. The predicted molar refractivity (Wildman–Crippen MR) is 95.2 cm³/mol. The largest absolute Gasteiger partial charge is 0.379 e. The molecule has 2 aliphatic carbocycles.